The summed E-state index contributed by atoms with van der Waals surface area (Å²) in [6.07, 6.45) is 1.07. The molecule has 0 amide bonds. The van der Waals surface area contributed by atoms with Crippen molar-refractivity contribution in [3.63, 3.8) is 0 Å². The van der Waals surface area contributed by atoms with E-state index in [9.17, 15) is 8.42 Å². The van der Waals surface area contributed by atoms with E-state index in [0.29, 0.717) is 11.4 Å². The molecule has 1 rings (SSSR count). The van der Waals surface area contributed by atoms with Crippen LogP contribution in [0.5, 0.6) is 0 Å². The van der Waals surface area contributed by atoms with E-state index in [-0.39, 0.29) is 5.16 Å². The van der Waals surface area contributed by atoms with Gasteiger partial charge in [0.15, 0.2) is 0 Å². The molecule has 5 heteroatoms. The number of rotatable bonds is 1. The summed E-state index contributed by atoms with van der Waals surface area (Å²) in [4.78, 5) is 7.64. The van der Waals surface area contributed by atoms with Gasteiger partial charge in [0, 0.05) is 11.9 Å². The van der Waals surface area contributed by atoms with E-state index in [1.807, 2.05) is 0 Å². The summed E-state index contributed by atoms with van der Waals surface area (Å²) in [5, 5.41) is -0.171. The topological polar surface area (TPSA) is 59.9 Å². The second kappa shape index (κ2) is 3.76. The fourth-order valence-corrected chi connectivity index (χ4v) is 1.47. The van der Waals surface area contributed by atoms with Crippen LogP contribution in [0, 0.1) is 18.8 Å². The largest absolute Gasteiger partial charge is 0.248 e. The smallest absolute Gasteiger partial charge is 0.224 e. The zero-order chi connectivity index (χ0) is 10.8. The van der Waals surface area contributed by atoms with Crippen LogP contribution in [0.25, 0.3) is 0 Å². The van der Waals surface area contributed by atoms with Gasteiger partial charge in [0.05, 0.1) is 0 Å². The Bertz CT molecular complexity index is 509. The molecule has 0 saturated carbocycles. The Hall–Kier alpha value is -1.41. The van der Waals surface area contributed by atoms with Gasteiger partial charge in [-0.3, -0.25) is 0 Å². The summed E-state index contributed by atoms with van der Waals surface area (Å²) < 4.78 is 22.3. The minimum Gasteiger partial charge on any atom is -0.224 e. The van der Waals surface area contributed by atoms with Crippen LogP contribution in [0.2, 0.25) is 0 Å². The van der Waals surface area contributed by atoms with Gasteiger partial charge in [0.1, 0.15) is 5.69 Å². The zero-order valence-electron chi connectivity index (χ0n) is 8.20. The molecule has 0 spiro atoms. The van der Waals surface area contributed by atoms with E-state index in [4.69, 9.17) is 0 Å². The lowest BCUT2D eigenvalue weighted by molar-refractivity contribution is 0.592. The first-order valence-corrected chi connectivity index (χ1v) is 5.81. The van der Waals surface area contributed by atoms with Crippen LogP contribution < -0.4 is 0 Å². The van der Waals surface area contributed by atoms with E-state index in [2.05, 4.69) is 21.8 Å². The monoisotopic (exact) mass is 210 g/mol. The van der Waals surface area contributed by atoms with Crippen molar-refractivity contribution >= 4 is 9.84 Å². The molecule has 0 N–H and O–H groups in total. The number of hydrogen-bond donors (Lipinski definition) is 0. The molecule has 0 aliphatic rings. The summed E-state index contributed by atoms with van der Waals surface area (Å²) in [6.45, 7) is 3.37. The van der Waals surface area contributed by atoms with Gasteiger partial charge in [-0.15, -0.1) is 0 Å². The maximum atomic E-state index is 11.2. The molecule has 0 bridgehead atoms. The van der Waals surface area contributed by atoms with Gasteiger partial charge in [-0.05, 0) is 25.8 Å². The number of hydrogen-bond acceptors (Lipinski definition) is 4. The molecule has 4 nitrogen and oxygen atoms in total. The standard InChI is InChI=1S/C9H10N2O2S/c1-4-5-8-6-7(2)10-9(11-8)14(3,12)13/h6H,1-3H3. The molecule has 1 heterocycles. The van der Waals surface area contributed by atoms with Crippen LogP contribution >= 0.6 is 0 Å². The van der Waals surface area contributed by atoms with Crippen LogP contribution in [0.15, 0.2) is 11.2 Å². The number of nitrogens with zero attached hydrogens (tertiary/aromatic N) is 2. The van der Waals surface area contributed by atoms with Crippen LogP contribution in [-0.2, 0) is 9.84 Å². The lowest BCUT2D eigenvalue weighted by atomic mass is 10.3. The predicted molar refractivity (Wildman–Crippen MR) is 52.4 cm³/mol. The van der Waals surface area contributed by atoms with Gasteiger partial charge in [-0.2, -0.15) is 0 Å². The molecular formula is C9H10N2O2S. The molecule has 0 fully saturated rings. The van der Waals surface area contributed by atoms with Gasteiger partial charge < -0.3 is 0 Å². The average molecular weight is 210 g/mol. The van der Waals surface area contributed by atoms with Crippen molar-refractivity contribution in [3.8, 4) is 11.8 Å². The molecule has 0 atom stereocenters. The fraction of sp³-hybridized carbons (Fsp3) is 0.333. The van der Waals surface area contributed by atoms with Gasteiger partial charge in [0.2, 0.25) is 15.0 Å². The highest BCUT2D eigenvalue weighted by atomic mass is 32.2. The van der Waals surface area contributed by atoms with Crippen LogP contribution in [0.4, 0.5) is 0 Å². The third-order valence-corrected chi connectivity index (χ3v) is 2.26. The van der Waals surface area contributed by atoms with Gasteiger partial charge in [-0.1, -0.05) is 5.92 Å². The molecule has 0 aliphatic carbocycles. The molecule has 74 valence electrons. The van der Waals surface area contributed by atoms with Crippen molar-refractivity contribution in [3.05, 3.63) is 17.5 Å². The third-order valence-electron chi connectivity index (χ3n) is 1.42. The fourth-order valence-electron chi connectivity index (χ4n) is 0.899. The van der Waals surface area contributed by atoms with E-state index in [0.717, 1.165) is 6.26 Å². The van der Waals surface area contributed by atoms with Gasteiger partial charge in [0.25, 0.3) is 0 Å². The molecule has 1 aromatic heterocycles. The summed E-state index contributed by atoms with van der Waals surface area (Å²) in [6, 6.07) is 1.64. The van der Waals surface area contributed by atoms with E-state index in [1.165, 1.54) is 0 Å². The second-order valence-corrected chi connectivity index (χ2v) is 4.73. The second-order valence-electron chi connectivity index (χ2n) is 2.82. The van der Waals surface area contributed by atoms with Crippen molar-refractivity contribution in [1.29, 1.82) is 0 Å². The van der Waals surface area contributed by atoms with Crippen molar-refractivity contribution < 1.29 is 8.42 Å². The summed E-state index contributed by atoms with van der Waals surface area (Å²) in [5.41, 5.74) is 1.03. The third kappa shape index (κ3) is 2.54. The van der Waals surface area contributed by atoms with Crippen LogP contribution in [-0.4, -0.2) is 24.6 Å². The highest BCUT2D eigenvalue weighted by Crippen LogP contribution is 2.04. The predicted octanol–water partition coefficient (Wildman–Crippen LogP) is 0.560. The summed E-state index contributed by atoms with van der Waals surface area (Å²) in [7, 11) is -3.36. The Morgan fingerprint density at radius 3 is 2.50 bits per heavy atom. The molecule has 0 unspecified atom stereocenters. The van der Waals surface area contributed by atoms with E-state index < -0.39 is 9.84 Å². The van der Waals surface area contributed by atoms with Crippen LogP contribution in [0.3, 0.4) is 0 Å². The van der Waals surface area contributed by atoms with Crippen molar-refractivity contribution in [2.75, 3.05) is 6.26 Å². The summed E-state index contributed by atoms with van der Waals surface area (Å²) in [5.74, 6) is 5.35. The normalized spacial score (nSPS) is 10.5. The first-order chi connectivity index (χ1) is 6.43. The molecule has 0 radical (unpaired) electrons. The number of aryl methyl sites for hydroxylation is 1. The van der Waals surface area contributed by atoms with E-state index in [1.54, 1.807) is 19.9 Å². The van der Waals surface area contributed by atoms with Crippen molar-refractivity contribution in [2.45, 2.75) is 19.0 Å². The van der Waals surface area contributed by atoms with E-state index >= 15 is 0 Å². The number of aromatic nitrogens is 2. The van der Waals surface area contributed by atoms with Crippen molar-refractivity contribution in [2.24, 2.45) is 0 Å². The van der Waals surface area contributed by atoms with Gasteiger partial charge in [-0.25, -0.2) is 18.4 Å². The maximum Gasteiger partial charge on any atom is 0.248 e. The first kappa shape index (κ1) is 10.7. The lowest BCUT2D eigenvalue weighted by Crippen LogP contribution is -2.06. The minimum atomic E-state index is -3.36. The molecule has 0 aliphatic heterocycles. The summed E-state index contributed by atoms with van der Waals surface area (Å²) >= 11 is 0. The zero-order valence-corrected chi connectivity index (χ0v) is 9.01. The van der Waals surface area contributed by atoms with Crippen LogP contribution in [0.1, 0.15) is 18.3 Å². The Kier molecular flexibility index (Phi) is 2.87. The Morgan fingerprint density at radius 1 is 1.36 bits per heavy atom. The van der Waals surface area contributed by atoms with Gasteiger partial charge >= 0.3 is 0 Å². The number of sulfone groups is 1. The molecule has 14 heavy (non-hydrogen) atoms. The average Bonchev–Trinajstić information content (AvgIpc) is 2.02. The lowest BCUT2D eigenvalue weighted by Gasteiger charge is -1.99. The van der Waals surface area contributed by atoms with Crippen molar-refractivity contribution in [1.82, 2.24) is 9.97 Å². The molecular weight excluding hydrogens is 200 g/mol. The minimum absolute atomic E-state index is 0.171. The quantitative estimate of drug-likeness (QED) is 0.502. The SMILES string of the molecule is CC#Cc1cc(C)nc(S(C)(=O)=O)n1. The maximum absolute atomic E-state index is 11.2. The Balaban J connectivity index is 3.40. The molecule has 0 aromatic carbocycles. The molecule has 1 aromatic rings. The Morgan fingerprint density at radius 2 is 2.00 bits per heavy atom. The highest BCUT2D eigenvalue weighted by Gasteiger charge is 2.11. The Labute approximate surface area is 83.3 Å². The molecule has 0 saturated heterocycles. The first-order valence-electron chi connectivity index (χ1n) is 3.92. The highest BCUT2D eigenvalue weighted by molar-refractivity contribution is 7.90.